The molecule has 1 rings (SSSR count). The Hall–Kier alpha value is -2.55. The second kappa shape index (κ2) is 29.5. The van der Waals surface area contributed by atoms with Crippen LogP contribution in [-0.2, 0) is 4.79 Å². The van der Waals surface area contributed by atoms with Crippen LogP contribution in [0.25, 0.3) is 0 Å². The van der Waals surface area contributed by atoms with Crippen molar-refractivity contribution in [3.8, 4) is 0 Å². The molecule has 3 nitrogen and oxygen atoms in total. The van der Waals surface area contributed by atoms with Crippen molar-refractivity contribution < 1.29 is 9.90 Å². The van der Waals surface area contributed by atoms with E-state index in [-0.39, 0.29) is 6.54 Å². The molecule has 3 heteroatoms. The zero-order valence-electron chi connectivity index (χ0n) is 11.6. The van der Waals surface area contributed by atoms with E-state index in [4.69, 9.17) is 5.11 Å². The third kappa shape index (κ3) is 25.6. The van der Waals surface area contributed by atoms with E-state index in [2.05, 4.69) is 57.9 Å². The zero-order chi connectivity index (χ0) is 16.1. The molecule has 0 aliphatic rings. The zero-order valence-corrected chi connectivity index (χ0v) is 11.6. The Morgan fingerprint density at radius 1 is 0.895 bits per heavy atom. The van der Waals surface area contributed by atoms with Gasteiger partial charge in [0.25, 0.3) is 0 Å². The first-order chi connectivity index (χ1) is 9.29. The smallest absolute Gasteiger partial charge is 0.322 e. The van der Waals surface area contributed by atoms with Gasteiger partial charge < -0.3 is 10.4 Å². The van der Waals surface area contributed by atoms with Crippen LogP contribution in [0, 0.1) is 0 Å². The molecule has 1 aromatic carbocycles. The van der Waals surface area contributed by atoms with Crippen molar-refractivity contribution in [3.63, 3.8) is 0 Å². The fourth-order valence-corrected chi connectivity index (χ4v) is 0.734. The predicted molar refractivity (Wildman–Crippen MR) is 87.6 cm³/mol. The second-order valence-corrected chi connectivity index (χ2v) is 2.11. The lowest BCUT2D eigenvalue weighted by molar-refractivity contribution is -0.134. The highest BCUT2D eigenvalue weighted by Gasteiger charge is 1.93. The molecule has 0 aromatic heterocycles. The van der Waals surface area contributed by atoms with Gasteiger partial charge in [-0.25, -0.2) is 0 Å². The molecular weight excluding hydrogens is 238 g/mol. The van der Waals surface area contributed by atoms with Gasteiger partial charge in [0.1, 0.15) is 6.54 Å². The van der Waals surface area contributed by atoms with Crippen LogP contribution in [0.1, 0.15) is 0 Å². The first-order valence-electron chi connectivity index (χ1n) is 5.30. The fourth-order valence-electron chi connectivity index (χ4n) is 0.734. The van der Waals surface area contributed by atoms with Gasteiger partial charge in [-0.05, 0) is 12.1 Å². The van der Waals surface area contributed by atoms with Crippen LogP contribution in [0.4, 0.5) is 5.69 Å². The Bertz CT molecular complexity index is 278. The van der Waals surface area contributed by atoms with E-state index in [1.54, 1.807) is 0 Å². The maximum atomic E-state index is 10.1. The van der Waals surface area contributed by atoms with Crippen LogP contribution in [0.3, 0.4) is 0 Å². The standard InChI is InChI=1S/C8H9NO2.4C2H4/c10-8(11)6-9-7-4-2-1-3-5-7;4*1-2/h1-5,9H,6H2,(H,10,11);4*1-2H2. The maximum absolute atomic E-state index is 10.1. The summed E-state index contributed by atoms with van der Waals surface area (Å²) in [4.78, 5) is 10.1. The molecule has 0 radical (unpaired) electrons. The summed E-state index contributed by atoms with van der Waals surface area (Å²) in [7, 11) is 0. The average Bonchev–Trinajstić information content (AvgIpc) is 2.54. The van der Waals surface area contributed by atoms with Crippen LogP contribution in [0.5, 0.6) is 0 Å². The highest BCUT2D eigenvalue weighted by molar-refractivity contribution is 5.72. The van der Waals surface area contributed by atoms with Gasteiger partial charge in [-0.2, -0.15) is 0 Å². The Labute approximate surface area is 117 Å². The predicted octanol–water partition coefficient (Wildman–Crippen LogP) is 4.39. The number of carboxylic acids is 1. The van der Waals surface area contributed by atoms with Gasteiger partial charge in [-0.3, -0.25) is 4.79 Å². The number of carboxylic acid groups (broad SMARTS) is 1. The first-order valence-corrected chi connectivity index (χ1v) is 5.30. The Kier molecular flexibility index (Phi) is 39.4. The van der Waals surface area contributed by atoms with Crippen molar-refractivity contribution in [2.75, 3.05) is 11.9 Å². The number of aliphatic carboxylic acids is 1. The molecule has 1 aromatic rings. The Morgan fingerprint density at radius 3 is 1.58 bits per heavy atom. The van der Waals surface area contributed by atoms with Gasteiger partial charge in [0.15, 0.2) is 0 Å². The summed E-state index contributed by atoms with van der Waals surface area (Å²) in [5, 5.41) is 11.1. The van der Waals surface area contributed by atoms with E-state index < -0.39 is 5.97 Å². The molecule has 0 heterocycles. The second-order valence-electron chi connectivity index (χ2n) is 2.11. The third-order valence-electron chi connectivity index (χ3n) is 1.22. The summed E-state index contributed by atoms with van der Waals surface area (Å²) in [5.41, 5.74) is 0.829. The van der Waals surface area contributed by atoms with Gasteiger partial charge in [0, 0.05) is 5.69 Å². The first kappa shape index (κ1) is 25.3. The molecule has 0 spiro atoms. The lowest BCUT2D eigenvalue weighted by Crippen LogP contribution is -2.11. The van der Waals surface area contributed by atoms with E-state index in [1.807, 2.05) is 30.3 Å². The molecule has 19 heavy (non-hydrogen) atoms. The van der Waals surface area contributed by atoms with Gasteiger partial charge in [0.05, 0.1) is 0 Å². The summed E-state index contributed by atoms with van der Waals surface area (Å²) in [6, 6.07) is 9.23. The van der Waals surface area contributed by atoms with E-state index in [9.17, 15) is 4.79 Å². The topological polar surface area (TPSA) is 49.3 Å². The lowest BCUT2D eigenvalue weighted by Gasteiger charge is -2.00. The SMILES string of the molecule is C=C.C=C.C=C.C=C.O=C(O)CNc1ccccc1. The van der Waals surface area contributed by atoms with E-state index >= 15 is 0 Å². The molecule has 0 unspecified atom stereocenters. The summed E-state index contributed by atoms with van der Waals surface area (Å²) in [6.07, 6.45) is 0. The summed E-state index contributed by atoms with van der Waals surface area (Å²) < 4.78 is 0. The van der Waals surface area contributed by atoms with Crippen molar-refractivity contribution in [2.45, 2.75) is 0 Å². The van der Waals surface area contributed by atoms with Crippen molar-refractivity contribution in [1.29, 1.82) is 0 Å². The molecule has 0 aliphatic carbocycles. The molecule has 2 N–H and O–H groups in total. The minimum atomic E-state index is -0.853. The highest BCUT2D eigenvalue weighted by atomic mass is 16.4. The molecule has 106 valence electrons. The van der Waals surface area contributed by atoms with Crippen LogP contribution in [-0.4, -0.2) is 17.6 Å². The van der Waals surface area contributed by atoms with Crippen LogP contribution in [0.15, 0.2) is 83.0 Å². The summed E-state index contributed by atoms with van der Waals surface area (Å²) in [5.74, 6) is -0.853. The molecule has 0 aliphatic heterocycles. The van der Waals surface area contributed by atoms with E-state index in [1.165, 1.54) is 0 Å². The third-order valence-corrected chi connectivity index (χ3v) is 1.22. The summed E-state index contributed by atoms with van der Waals surface area (Å²) >= 11 is 0. The number of hydrogen-bond donors (Lipinski definition) is 2. The monoisotopic (exact) mass is 263 g/mol. The fraction of sp³-hybridized carbons (Fsp3) is 0.0625. The maximum Gasteiger partial charge on any atom is 0.322 e. The summed E-state index contributed by atoms with van der Waals surface area (Å²) in [6.45, 7) is 24.0. The molecule has 0 saturated heterocycles. The van der Waals surface area contributed by atoms with Gasteiger partial charge in [-0.15, -0.1) is 52.6 Å². The normalized spacial score (nSPS) is 6.11. The Morgan fingerprint density at radius 2 is 1.26 bits per heavy atom. The van der Waals surface area contributed by atoms with Crippen molar-refractivity contribution in [3.05, 3.63) is 83.0 Å². The number of para-hydroxylation sites is 1. The molecular formula is C16H25NO2. The average molecular weight is 263 g/mol. The van der Waals surface area contributed by atoms with E-state index in [0.29, 0.717) is 0 Å². The minimum Gasteiger partial charge on any atom is -0.480 e. The van der Waals surface area contributed by atoms with Gasteiger partial charge in [0.2, 0.25) is 0 Å². The van der Waals surface area contributed by atoms with Crippen LogP contribution < -0.4 is 5.32 Å². The molecule has 0 bridgehead atoms. The number of hydrogen-bond acceptors (Lipinski definition) is 2. The van der Waals surface area contributed by atoms with Crippen molar-refractivity contribution in [2.24, 2.45) is 0 Å². The number of nitrogens with one attached hydrogen (secondary N) is 1. The lowest BCUT2D eigenvalue weighted by atomic mass is 10.3. The van der Waals surface area contributed by atoms with Crippen molar-refractivity contribution >= 4 is 11.7 Å². The molecule has 0 fully saturated rings. The number of benzene rings is 1. The van der Waals surface area contributed by atoms with Gasteiger partial charge >= 0.3 is 5.97 Å². The number of anilines is 1. The quantitative estimate of drug-likeness (QED) is 0.795. The van der Waals surface area contributed by atoms with Crippen LogP contribution in [0.2, 0.25) is 0 Å². The van der Waals surface area contributed by atoms with E-state index in [0.717, 1.165) is 5.69 Å². The molecule has 0 saturated carbocycles. The number of rotatable bonds is 3. The number of carbonyl (C=O) groups is 1. The van der Waals surface area contributed by atoms with Crippen LogP contribution >= 0.6 is 0 Å². The van der Waals surface area contributed by atoms with Gasteiger partial charge in [-0.1, -0.05) is 18.2 Å². The Balaban J connectivity index is -0.000000121. The van der Waals surface area contributed by atoms with Crippen molar-refractivity contribution in [1.82, 2.24) is 0 Å². The molecule has 0 atom stereocenters. The minimum absolute atomic E-state index is 0.0377. The largest absolute Gasteiger partial charge is 0.480 e. The molecule has 0 amide bonds. The highest BCUT2D eigenvalue weighted by Crippen LogP contribution is 2.03.